The third kappa shape index (κ3) is 3.81. The summed E-state index contributed by atoms with van der Waals surface area (Å²) >= 11 is 1.56. The minimum Gasteiger partial charge on any atom is -0.399 e. The van der Waals surface area contributed by atoms with Gasteiger partial charge in [0.15, 0.2) is 0 Å². The Bertz CT molecular complexity index is 752. The smallest absolute Gasteiger partial charge is 0.240 e. The van der Waals surface area contributed by atoms with Crippen LogP contribution in [0.25, 0.3) is 0 Å². The normalized spacial score (nSPS) is 11.8. The maximum Gasteiger partial charge on any atom is 0.240 e. The molecule has 0 radical (unpaired) electrons. The van der Waals surface area contributed by atoms with Crippen molar-refractivity contribution in [2.24, 2.45) is 0 Å². The summed E-state index contributed by atoms with van der Waals surface area (Å²) in [5.74, 6) is 0. The molecule has 5 nitrogen and oxygen atoms in total. The van der Waals surface area contributed by atoms with Gasteiger partial charge in [-0.1, -0.05) is 0 Å². The fourth-order valence-corrected chi connectivity index (χ4v) is 4.08. The number of nitrogens with one attached hydrogen (secondary N) is 1. The number of nitrogens with two attached hydrogens (primary N) is 1. The Kier molecular flexibility index (Phi) is 4.65. The summed E-state index contributed by atoms with van der Waals surface area (Å²) in [6.45, 7) is 5.88. The molecular weight excluding hydrogens is 306 g/mol. The van der Waals surface area contributed by atoms with Gasteiger partial charge in [0.25, 0.3) is 0 Å². The van der Waals surface area contributed by atoms with Crippen molar-refractivity contribution >= 4 is 27.0 Å². The van der Waals surface area contributed by atoms with Crippen molar-refractivity contribution in [3.63, 3.8) is 0 Å². The van der Waals surface area contributed by atoms with E-state index >= 15 is 0 Å². The molecule has 0 amide bonds. The molecule has 7 heteroatoms. The van der Waals surface area contributed by atoms with Gasteiger partial charge in [0.1, 0.15) is 0 Å². The molecule has 21 heavy (non-hydrogen) atoms. The molecule has 0 spiro atoms. The first-order chi connectivity index (χ1) is 9.79. The van der Waals surface area contributed by atoms with Crippen LogP contribution in [0.4, 0.5) is 5.69 Å². The molecule has 0 unspecified atom stereocenters. The van der Waals surface area contributed by atoms with Crippen LogP contribution in [0.1, 0.15) is 21.8 Å². The number of hydrogen-bond donors (Lipinski definition) is 2. The van der Waals surface area contributed by atoms with Crippen molar-refractivity contribution in [3.05, 3.63) is 39.3 Å². The molecule has 0 atom stereocenters. The Morgan fingerprint density at radius 1 is 1.29 bits per heavy atom. The molecule has 3 N–H and O–H groups in total. The van der Waals surface area contributed by atoms with Crippen molar-refractivity contribution in [2.75, 3.05) is 12.3 Å². The zero-order chi connectivity index (χ0) is 15.6. The molecule has 1 aromatic carbocycles. The van der Waals surface area contributed by atoms with Crippen LogP contribution in [0.3, 0.4) is 0 Å². The second-order valence-corrected chi connectivity index (χ2v) is 7.76. The molecule has 0 fully saturated rings. The first-order valence-electron chi connectivity index (χ1n) is 6.57. The predicted molar refractivity (Wildman–Crippen MR) is 86.1 cm³/mol. The van der Waals surface area contributed by atoms with Crippen molar-refractivity contribution in [1.82, 2.24) is 9.71 Å². The average molecular weight is 325 g/mol. The number of nitrogen functional groups attached to an aromatic ring is 1. The van der Waals surface area contributed by atoms with E-state index in [0.717, 1.165) is 21.8 Å². The van der Waals surface area contributed by atoms with Crippen molar-refractivity contribution in [3.8, 4) is 0 Å². The van der Waals surface area contributed by atoms with Crippen molar-refractivity contribution in [2.45, 2.75) is 32.1 Å². The summed E-state index contributed by atoms with van der Waals surface area (Å²) < 4.78 is 27.3. The van der Waals surface area contributed by atoms with E-state index in [1.54, 1.807) is 24.3 Å². The van der Waals surface area contributed by atoms with E-state index in [1.807, 2.05) is 19.2 Å². The van der Waals surface area contributed by atoms with Gasteiger partial charge in [-0.25, -0.2) is 18.1 Å². The standard InChI is InChI=1S/C14H19N3O2S2/c1-9-6-12(15)7-14(10(9)2)21(18,19)16-5-4-13-8-20-11(3)17-13/h6-8,16H,4-5,15H2,1-3H3. The second kappa shape index (κ2) is 6.13. The number of aryl methyl sites for hydroxylation is 2. The Morgan fingerprint density at radius 3 is 2.62 bits per heavy atom. The van der Waals surface area contributed by atoms with Gasteiger partial charge in [-0.05, 0) is 44.0 Å². The molecular formula is C14H19N3O2S2. The van der Waals surface area contributed by atoms with Crippen molar-refractivity contribution in [1.29, 1.82) is 0 Å². The fraction of sp³-hybridized carbons (Fsp3) is 0.357. The van der Waals surface area contributed by atoms with E-state index in [4.69, 9.17) is 5.73 Å². The van der Waals surface area contributed by atoms with E-state index in [9.17, 15) is 8.42 Å². The maximum absolute atomic E-state index is 12.4. The van der Waals surface area contributed by atoms with Gasteiger partial charge in [-0.3, -0.25) is 0 Å². The fourth-order valence-electron chi connectivity index (χ4n) is 2.05. The Hall–Kier alpha value is -1.44. The summed E-state index contributed by atoms with van der Waals surface area (Å²) in [7, 11) is -3.55. The summed E-state index contributed by atoms with van der Waals surface area (Å²) in [4.78, 5) is 4.56. The number of benzene rings is 1. The number of sulfonamides is 1. The van der Waals surface area contributed by atoms with E-state index < -0.39 is 10.0 Å². The lowest BCUT2D eigenvalue weighted by atomic mass is 10.1. The summed E-state index contributed by atoms with van der Waals surface area (Å²) in [5, 5.41) is 2.93. The number of thiazole rings is 1. The van der Waals surface area contributed by atoms with Crippen LogP contribution in [-0.4, -0.2) is 19.9 Å². The zero-order valence-corrected chi connectivity index (χ0v) is 13.9. The quantitative estimate of drug-likeness (QED) is 0.825. The minimum absolute atomic E-state index is 0.245. The second-order valence-electron chi connectivity index (χ2n) is 4.97. The lowest BCUT2D eigenvalue weighted by Crippen LogP contribution is -2.27. The molecule has 0 bridgehead atoms. The van der Waals surface area contributed by atoms with Crippen LogP contribution >= 0.6 is 11.3 Å². The van der Waals surface area contributed by atoms with E-state index in [2.05, 4.69) is 9.71 Å². The SMILES string of the molecule is Cc1nc(CCNS(=O)(=O)c2cc(N)cc(C)c2C)cs1. The molecule has 0 saturated heterocycles. The molecule has 0 aliphatic carbocycles. The Balaban J connectivity index is 2.12. The first-order valence-corrected chi connectivity index (χ1v) is 8.93. The van der Waals surface area contributed by atoms with Crippen LogP contribution < -0.4 is 10.5 Å². The predicted octanol–water partition coefficient (Wildman–Crippen LogP) is 2.17. The number of hydrogen-bond acceptors (Lipinski definition) is 5. The maximum atomic E-state index is 12.4. The highest BCUT2D eigenvalue weighted by atomic mass is 32.2. The number of rotatable bonds is 5. The van der Waals surface area contributed by atoms with Gasteiger partial charge >= 0.3 is 0 Å². The van der Waals surface area contributed by atoms with E-state index in [1.165, 1.54) is 6.07 Å². The number of aromatic nitrogens is 1. The topological polar surface area (TPSA) is 85.1 Å². The summed E-state index contributed by atoms with van der Waals surface area (Å²) in [6.07, 6.45) is 0.573. The summed E-state index contributed by atoms with van der Waals surface area (Å²) in [5.41, 5.74) is 8.69. The minimum atomic E-state index is -3.55. The molecule has 114 valence electrons. The average Bonchev–Trinajstić information content (AvgIpc) is 2.79. The van der Waals surface area contributed by atoms with Gasteiger partial charge in [0.05, 0.1) is 15.6 Å². The molecule has 2 aromatic rings. The largest absolute Gasteiger partial charge is 0.399 e. The highest BCUT2D eigenvalue weighted by Gasteiger charge is 2.18. The van der Waals surface area contributed by atoms with Gasteiger partial charge in [-0.2, -0.15) is 0 Å². The van der Waals surface area contributed by atoms with Crippen LogP contribution in [0, 0.1) is 20.8 Å². The van der Waals surface area contributed by atoms with E-state index in [-0.39, 0.29) is 4.90 Å². The van der Waals surface area contributed by atoms with Crippen LogP contribution in [-0.2, 0) is 16.4 Å². The third-order valence-electron chi connectivity index (χ3n) is 3.27. The van der Waals surface area contributed by atoms with Crippen LogP contribution in [0.2, 0.25) is 0 Å². The van der Waals surface area contributed by atoms with Crippen LogP contribution in [0.5, 0.6) is 0 Å². The highest BCUT2D eigenvalue weighted by molar-refractivity contribution is 7.89. The monoisotopic (exact) mass is 325 g/mol. The molecule has 2 rings (SSSR count). The third-order valence-corrected chi connectivity index (χ3v) is 5.68. The Labute approximate surface area is 129 Å². The molecule has 1 aromatic heterocycles. The Morgan fingerprint density at radius 2 is 2.00 bits per heavy atom. The van der Waals surface area contributed by atoms with Gasteiger partial charge < -0.3 is 5.73 Å². The lowest BCUT2D eigenvalue weighted by Gasteiger charge is -2.12. The van der Waals surface area contributed by atoms with Crippen LogP contribution in [0.15, 0.2) is 22.4 Å². The van der Waals surface area contributed by atoms with Gasteiger partial charge in [0, 0.05) is 24.0 Å². The molecule has 1 heterocycles. The number of nitrogens with zero attached hydrogens (tertiary/aromatic N) is 1. The van der Waals surface area contributed by atoms with E-state index in [0.29, 0.717) is 18.7 Å². The van der Waals surface area contributed by atoms with Gasteiger partial charge in [-0.15, -0.1) is 11.3 Å². The number of anilines is 1. The lowest BCUT2D eigenvalue weighted by molar-refractivity contribution is 0.580. The van der Waals surface area contributed by atoms with Gasteiger partial charge in [0.2, 0.25) is 10.0 Å². The molecule has 0 aliphatic rings. The zero-order valence-electron chi connectivity index (χ0n) is 12.3. The first kappa shape index (κ1) is 15.9. The molecule has 0 aliphatic heterocycles. The summed E-state index contributed by atoms with van der Waals surface area (Å²) in [6, 6.07) is 3.27. The highest BCUT2D eigenvalue weighted by Crippen LogP contribution is 2.22. The molecule has 0 saturated carbocycles. The van der Waals surface area contributed by atoms with Crippen molar-refractivity contribution < 1.29 is 8.42 Å².